The molecule has 1 heterocycles. The summed E-state index contributed by atoms with van der Waals surface area (Å²) in [4.78, 5) is 19.0. The lowest BCUT2D eigenvalue weighted by molar-refractivity contribution is 0.0691. The monoisotopic (exact) mass is 249 g/mol. The molecule has 5 nitrogen and oxygen atoms in total. The molecule has 5 heteroatoms. The Labute approximate surface area is 107 Å². The minimum atomic E-state index is -1.04. The van der Waals surface area contributed by atoms with E-state index in [0.29, 0.717) is 23.7 Å². The Morgan fingerprint density at radius 2 is 1.83 bits per heavy atom. The van der Waals surface area contributed by atoms with Crippen LogP contribution in [0.1, 0.15) is 43.6 Å². The second-order valence-electron chi connectivity index (χ2n) is 5.32. The molecule has 2 N–H and O–H groups in total. The number of carboxylic acid groups (broad SMARTS) is 1. The number of carbonyl (C=O) groups is 1. The van der Waals surface area contributed by atoms with Crippen molar-refractivity contribution >= 4 is 11.8 Å². The van der Waals surface area contributed by atoms with E-state index in [1.165, 1.54) is 18.8 Å². The predicted molar refractivity (Wildman–Crippen MR) is 68.6 cm³/mol. The topological polar surface area (TPSA) is 75.1 Å². The molecule has 0 radical (unpaired) electrons. The minimum Gasteiger partial charge on any atom is -0.476 e. The lowest BCUT2D eigenvalue weighted by Crippen LogP contribution is -2.31. The number of nitrogens with zero attached hydrogens (tertiary/aromatic N) is 2. The summed E-state index contributed by atoms with van der Waals surface area (Å²) in [5.74, 6) is 0.672. The third-order valence-corrected chi connectivity index (χ3v) is 3.42. The first-order valence-electron chi connectivity index (χ1n) is 6.37. The molecule has 2 atom stereocenters. The third kappa shape index (κ3) is 2.97. The zero-order valence-corrected chi connectivity index (χ0v) is 10.8. The molecule has 0 aliphatic heterocycles. The van der Waals surface area contributed by atoms with Crippen molar-refractivity contribution in [2.24, 2.45) is 11.8 Å². The van der Waals surface area contributed by atoms with Gasteiger partial charge >= 0.3 is 5.97 Å². The van der Waals surface area contributed by atoms with Crippen molar-refractivity contribution in [3.05, 3.63) is 18.1 Å². The van der Waals surface area contributed by atoms with E-state index in [0.717, 1.165) is 12.8 Å². The molecule has 1 aliphatic rings. The van der Waals surface area contributed by atoms with Crippen LogP contribution in [0.4, 0.5) is 5.82 Å². The van der Waals surface area contributed by atoms with Crippen molar-refractivity contribution in [1.82, 2.24) is 9.97 Å². The van der Waals surface area contributed by atoms with E-state index in [1.54, 1.807) is 0 Å². The SMILES string of the molecule is CC1CC(C)CC(Nc2nccnc2C(=O)O)C1. The quantitative estimate of drug-likeness (QED) is 0.860. The lowest BCUT2D eigenvalue weighted by Gasteiger charge is -2.32. The standard InChI is InChI=1S/C13H19N3O2/c1-8-5-9(2)7-10(6-8)16-12-11(13(17)18)14-3-4-15-12/h3-4,8-10H,5-7H2,1-2H3,(H,15,16)(H,17,18). The lowest BCUT2D eigenvalue weighted by atomic mass is 9.80. The van der Waals surface area contributed by atoms with Gasteiger partial charge in [0.25, 0.3) is 0 Å². The molecule has 18 heavy (non-hydrogen) atoms. The van der Waals surface area contributed by atoms with Gasteiger partial charge in [-0.1, -0.05) is 13.8 Å². The Hall–Kier alpha value is -1.65. The van der Waals surface area contributed by atoms with Crippen LogP contribution in [0.2, 0.25) is 0 Å². The number of aromatic nitrogens is 2. The zero-order chi connectivity index (χ0) is 13.1. The second-order valence-corrected chi connectivity index (χ2v) is 5.32. The molecule has 98 valence electrons. The molecule has 1 aromatic heterocycles. The average molecular weight is 249 g/mol. The highest BCUT2D eigenvalue weighted by Gasteiger charge is 2.25. The molecule has 0 spiro atoms. The minimum absolute atomic E-state index is 0.00313. The Morgan fingerprint density at radius 3 is 2.44 bits per heavy atom. The van der Waals surface area contributed by atoms with E-state index in [-0.39, 0.29) is 5.69 Å². The number of hydrogen-bond acceptors (Lipinski definition) is 4. The van der Waals surface area contributed by atoms with E-state index in [1.807, 2.05) is 0 Å². The summed E-state index contributed by atoms with van der Waals surface area (Å²) in [5.41, 5.74) is 0.00313. The Balaban J connectivity index is 2.11. The smallest absolute Gasteiger partial charge is 0.358 e. The first-order chi connectivity index (χ1) is 8.56. The summed E-state index contributed by atoms with van der Waals surface area (Å²) in [6.45, 7) is 4.47. The van der Waals surface area contributed by atoms with Crippen molar-refractivity contribution in [2.45, 2.75) is 39.2 Å². The van der Waals surface area contributed by atoms with Crippen LogP contribution in [0, 0.1) is 11.8 Å². The highest BCUT2D eigenvalue weighted by atomic mass is 16.4. The molecule has 2 unspecified atom stereocenters. The summed E-state index contributed by atoms with van der Waals surface area (Å²) < 4.78 is 0. The van der Waals surface area contributed by atoms with E-state index in [9.17, 15) is 4.79 Å². The normalized spacial score (nSPS) is 27.8. The summed E-state index contributed by atoms with van der Waals surface area (Å²) in [6.07, 6.45) is 6.27. The second kappa shape index (κ2) is 5.33. The first-order valence-corrected chi connectivity index (χ1v) is 6.37. The van der Waals surface area contributed by atoms with Gasteiger partial charge in [-0.2, -0.15) is 0 Å². The average Bonchev–Trinajstić information content (AvgIpc) is 2.27. The fourth-order valence-corrected chi connectivity index (χ4v) is 2.86. The molecule has 0 bridgehead atoms. The number of aromatic carboxylic acids is 1. The number of carboxylic acids is 1. The van der Waals surface area contributed by atoms with Crippen LogP contribution in [0.3, 0.4) is 0 Å². The molecule has 1 aromatic rings. The first kappa shape index (κ1) is 12.8. The Kier molecular flexibility index (Phi) is 3.79. The number of anilines is 1. The number of nitrogens with one attached hydrogen (secondary N) is 1. The molecule has 0 aromatic carbocycles. The maximum absolute atomic E-state index is 11.0. The predicted octanol–water partition coefficient (Wildman–Crippen LogP) is 2.41. The summed E-state index contributed by atoms with van der Waals surface area (Å²) >= 11 is 0. The van der Waals surface area contributed by atoms with Crippen LogP contribution in [0.15, 0.2) is 12.4 Å². The zero-order valence-electron chi connectivity index (χ0n) is 10.8. The highest BCUT2D eigenvalue weighted by Crippen LogP contribution is 2.30. The van der Waals surface area contributed by atoms with Crippen LogP contribution in [-0.2, 0) is 0 Å². The third-order valence-electron chi connectivity index (χ3n) is 3.42. The van der Waals surface area contributed by atoms with Crippen LogP contribution in [0.25, 0.3) is 0 Å². The molecule has 2 rings (SSSR count). The van der Waals surface area contributed by atoms with Gasteiger partial charge in [0.15, 0.2) is 11.5 Å². The summed E-state index contributed by atoms with van der Waals surface area (Å²) in [5, 5.41) is 12.3. The molecule has 0 saturated heterocycles. The Morgan fingerprint density at radius 1 is 1.22 bits per heavy atom. The van der Waals surface area contributed by atoms with Crippen molar-refractivity contribution in [3.63, 3.8) is 0 Å². The molecule has 1 saturated carbocycles. The van der Waals surface area contributed by atoms with Gasteiger partial charge in [0.1, 0.15) is 0 Å². The van der Waals surface area contributed by atoms with E-state index in [2.05, 4.69) is 29.1 Å². The van der Waals surface area contributed by atoms with Crippen molar-refractivity contribution in [1.29, 1.82) is 0 Å². The molecule has 1 fully saturated rings. The van der Waals surface area contributed by atoms with E-state index >= 15 is 0 Å². The van der Waals surface area contributed by atoms with Gasteiger partial charge in [-0.15, -0.1) is 0 Å². The fraction of sp³-hybridized carbons (Fsp3) is 0.615. The van der Waals surface area contributed by atoms with Crippen LogP contribution in [0.5, 0.6) is 0 Å². The van der Waals surface area contributed by atoms with Gasteiger partial charge in [-0.3, -0.25) is 0 Å². The summed E-state index contributed by atoms with van der Waals surface area (Å²) in [7, 11) is 0. The number of hydrogen-bond donors (Lipinski definition) is 2. The Bertz CT molecular complexity index is 426. The molecular weight excluding hydrogens is 230 g/mol. The molecular formula is C13H19N3O2. The van der Waals surface area contributed by atoms with Gasteiger partial charge in [-0.25, -0.2) is 14.8 Å². The van der Waals surface area contributed by atoms with Gasteiger partial charge in [0.2, 0.25) is 0 Å². The van der Waals surface area contributed by atoms with E-state index < -0.39 is 5.97 Å². The van der Waals surface area contributed by atoms with Crippen LogP contribution >= 0.6 is 0 Å². The number of rotatable bonds is 3. The van der Waals surface area contributed by atoms with Crippen LogP contribution in [-0.4, -0.2) is 27.1 Å². The van der Waals surface area contributed by atoms with Crippen molar-refractivity contribution in [3.8, 4) is 0 Å². The van der Waals surface area contributed by atoms with Gasteiger partial charge in [0, 0.05) is 18.4 Å². The summed E-state index contributed by atoms with van der Waals surface area (Å²) in [6, 6.07) is 0.290. The largest absolute Gasteiger partial charge is 0.476 e. The maximum atomic E-state index is 11.0. The van der Waals surface area contributed by atoms with Gasteiger partial charge < -0.3 is 10.4 Å². The fourth-order valence-electron chi connectivity index (χ4n) is 2.86. The van der Waals surface area contributed by atoms with Gasteiger partial charge in [-0.05, 0) is 31.1 Å². The molecule has 1 aliphatic carbocycles. The van der Waals surface area contributed by atoms with E-state index in [4.69, 9.17) is 5.11 Å². The highest BCUT2D eigenvalue weighted by molar-refractivity contribution is 5.90. The maximum Gasteiger partial charge on any atom is 0.358 e. The van der Waals surface area contributed by atoms with Crippen molar-refractivity contribution in [2.75, 3.05) is 5.32 Å². The van der Waals surface area contributed by atoms with Crippen LogP contribution < -0.4 is 5.32 Å². The van der Waals surface area contributed by atoms with Crippen molar-refractivity contribution < 1.29 is 9.90 Å². The molecule has 0 amide bonds. The van der Waals surface area contributed by atoms with Gasteiger partial charge in [0.05, 0.1) is 0 Å².